The number of hydrogen-bond acceptors (Lipinski definition) is 3. The van der Waals surface area contributed by atoms with Crippen molar-refractivity contribution in [3.8, 4) is 0 Å². The third-order valence-corrected chi connectivity index (χ3v) is 5.60. The molecule has 2 aliphatic heterocycles. The number of hydrogen-bond donors (Lipinski definition) is 1. The molecule has 5 nitrogen and oxygen atoms in total. The molecular formula is C18H35IN4O. The van der Waals surface area contributed by atoms with E-state index in [1.165, 1.54) is 38.8 Å². The maximum Gasteiger partial charge on any atom is 0.193 e. The van der Waals surface area contributed by atoms with Gasteiger partial charge in [-0.2, -0.15) is 0 Å². The van der Waals surface area contributed by atoms with Crippen molar-refractivity contribution in [2.45, 2.75) is 44.6 Å². The van der Waals surface area contributed by atoms with Crippen molar-refractivity contribution in [3.05, 3.63) is 0 Å². The molecule has 140 valence electrons. The van der Waals surface area contributed by atoms with E-state index < -0.39 is 0 Å². The van der Waals surface area contributed by atoms with Gasteiger partial charge in [-0.3, -0.25) is 4.99 Å². The number of piperidine rings is 2. The van der Waals surface area contributed by atoms with Crippen LogP contribution in [0.4, 0.5) is 0 Å². The van der Waals surface area contributed by atoms with E-state index in [-0.39, 0.29) is 24.0 Å². The fourth-order valence-electron chi connectivity index (χ4n) is 3.63. The van der Waals surface area contributed by atoms with Gasteiger partial charge in [-0.05, 0) is 70.5 Å². The Bertz CT molecular complexity index is 386. The molecule has 0 unspecified atom stereocenters. The number of likely N-dealkylation sites (tertiary alicyclic amines) is 2. The minimum absolute atomic E-state index is 0. The van der Waals surface area contributed by atoms with E-state index in [9.17, 15) is 0 Å². The lowest BCUT2D eigenvalue weighted by molar-refractivity contribution is 0.0130. The quantitative estimate of drug-likeness (QED) is 0.397. The van der Waals surface area contributed by atoms with E-state index in [1.54, 1.807) is 0 Å². The second-order valence-corrected chi connectivity index (χ2v) is 7.64. The van der Waals surface area contributed by atoms with Gasteiger partial charge in [0.15, 0.2) is 5.96 Å². The molecule has 0 aromatic rings. The first kappa shape index (κ1) is 20.2. The molecule has 0 bridgehead atoms. The van der Waals surface area contributed by atoms with Gasteiger partial charge in [0, 0.05) is 33.3 Å². The number of halogens is 1. The number of nitrogens with one attached hydrogen (secondary N) is 1. The van der Waals surface area contributed by atoms with Crippen LogP contribution < -0.4 is 5.32 Å². The summed E-state index contributed by atoms with van der Waals surface area (Å²) in [6.45, 7) is 6.67. The van der Waals surface area contributed by atoms with Gasteiger partial charge in [0.05, 0.1) is 6.10 Å². The van der Waals surface area contributed by atoms with Gasteiger partial charge in [-0.15, -0.1) is 24.0 Å². The van der Waals surface area contributed by atoms with Crippen molar-refractivity contribution in [3.63, 3.8) is 0 Å². The van der Waals surface area contributed by atoms with Gasteiger partial charge >= 0.3 is 0 Å². The summed E-state index contributed by atoms with van der Waals surface area (Å²) in [6, 6.07) is 0. The Morgan fingerprint density at radius 3 is 2.25 bits per heavy atom. The van der Waals surface area contributed by atoms with Crippen LogP contribution in [-0.4, -0.2) is 75.3 Å². The van der Waals surface area contributed by atoms with Gasteiger partial charge in [-0.25, -0.2) is 0 Å². The lowest BCUT2D eigenvalue weighted by atomic mass is 9.97. The second-order valence-electron chi connectivity index (χ2n) is 7.64. The fraction of sp³-hybridized carbons (Fsp3) is 0.944. The molecule has 0 radical (unpaired) electrons. The standard InChI is InChI=1S/C18H34N4O.HI/c1-19-18(20-13-15-5-9-21(2)10-6-15)22-11-7-17(8-12-22)23-14-16-3-4-16;/h15-17H,3-14H2,1-2H3,(H,19,20);1H. The molecule has 6 heteroatoms. The molecule has 2 heterocycles. The Balaban J connectivity index is 0.00000208. The van der Waals surface area contributed by atoms with E-state index in [0.717, 1.165) is 56.9 Å². The zero-order valence-electron chi connectivity index (χ0n) is 15.4. The maximum absolute atomic E-state index is 6.04. The number of aliphatic imine (C=N–C) groups is 1. The van der Waals surface area contributed by atoms with Crippen LogP contribution in [0.3, 0.4) is 0 Å². The van der Waals surface area contributed by atoms with Gasteiger partial charge < -0.3 is 19.9 Å². The molecule has 0 aromatic carbocycles. The summed E-state index contributed by atoms with van der Waals surface area (Å²) < 4.78 is 6.04. The average Bonchev–Trinajstić information content (AvgIpc) is 3.40. The van der Waals surface area contributed by atoms with Crippen molar-refractivity contribution < 1.29 is 4.74 Å². The van der Waals surface area contributed by atoms with Crippen molar-refractivity contribution in [2.75, 3.05) is 53.4 Å². The molecule has 1 aliphatic carbocycles. The van der Waals surface area contributed by atoms with Crippen LogP contribution in [0.15, 0.2) is 4.99 Å². The van der Waals surface area contributed by atoms with Crippen molar-refractivity contribution in [2.24, 2.45) is 16.8 Å². The number of guanidine groups is 1. The molecular weight excluding hydrogens is 415 g/mol. The van der Waals surface area contributed by atoms with Gasteiger partial charge in [0.2, 0.25) is 0 Å². The fourth-order valence-corrected chi connectivity index (χ4v) is 3.63. The third-order valence-electron chi connectivity index (χ3n) is 5.60. The van der Waals surface area contributed by atoms with Gasteiger partial charge in [-0.1, -0.05) is 0 Å². The zero-order valence-corrected chi connectivity index (χ0v) is 17.7. The molecule has 1 N–H and O–H groups in total. The number of nitrogens with zero attached hydrogens (tertiary/aromatic N) is 3. The Kier molecular flexibility index (Phi) is 8.57. The molecule has 3 aliphatic rings. The predicted octanol–water partition coefficient (Wildman–Crippen LogP) is 2.41. The van der Waals surface area contributed by atoms with E-state index in [4.69, 9.17) is 4.74 Å². The molecule has 0 atom stereocenters. The summed E-state index contributed by atoms with van der Waals surface area (Å²) >= 11 is 0. The molecule has 3 rings (SSSR count). The number of rotatable bonds is 5. The molecule has 0 amide bonds. The molecule has 0 aromatic heterocycles. The summed E-state index contributed by atoms with van der Waals surface area (Å²) in [5, 5.41) is 3.62. The lowest BCUT2D eigenvalue weighted by Crippen LogP contribution is -2.48. The first-order valence-electron chi connectivity index (χ1n) is 9.50. The van der Waals surface area contributed by atoms with Crippen molar-refractivity contribution in [1.29, 1.82) is 0 Å². The highest BCUT2D eigenvalue weighted by Gasteiger charge is 2.26. The predicted molar refractivity (Wildman–Crippen MR) is 110 cm³/mol. The number of ether oxygens (including phenoxy) is 1. The summed E-state index contributed by atoms with van der Waals surface area (Å²) in [6.07, 6.45) is 8.12. The normalized spacial score (nSPS) is 24.8. The Morgan fingerprint density at radius 2 is 1.67 bits per heavy atom. The Hall–Kier alpha value is -0.0800. The highest BCUT2D eigenvalue weighted by Crippen LogP contribution is 2.30. The van der Waals surface area contributed by atoms with E-state index in [1.807, 2.05) is 7.05 Å². The molecule has 1 saturated carbocycles. The zero-order chi connectivity index (χ0) is 16.1. The lowest BCUT2D eigenvalue weighted by Gasteiger charge is -2.35. The summed E-state index contributed by atoms with van der Waals surface area (Å²) in [4.78, 5) is 9.34. The van der Waals surface area contributed by atoms with Crippen LogP contribution >= 0.6 is 24.0 Å². The maximum atomic E-state index is 6.04. The molecule has 0 spiro atoms. The van der Waals surface area contributed by atoms with Crippen LogP contribution in [0.5, 0.6) is 0 Å². The van der Waals surface area contributed by atoms with Crippen LogP contribution in [0.1, 0.15) is 38.5 Å². The van der Waals surface area contributed by atoms with Crippen LogP contribution in [0.25, 0.3) is 0 Å². The Labute approximate surface area is 164 Å². The minimum atomic E-state index is 0. The molecule has 3 fully saturated rings. The molecule has 2 saturated heterocycles. The highest BCUT2D eigenvalue weighted by atomic mass is 127. The summed E-state index contributed by atoms with van der Waals surface area (Å²) in [5.74, 6) is 2.75. The van der Waals surface area contributed by atoms with Crippen LogP contribution in [0, 0.1) is 11.8 Å². The van der Waals surface area contributed by atoms with E-state index >= 15 is 0 Å². The monoisotopic (exact) mass is 450 g/mol. The van der Waals surface area contributed by atoms with Gasteiger partial charge in [0.25, 0.3) is 0 Å². The van der Waals surface area contributed by atoms with E-state index in [2.05, 4.69) is 27.2 Å². The molecule has 24 heavy (non-hydrogen) atoms. The largest absolute Gasteiger partial charge is 0.378 e. The van der Waals surface area contributed by atoms with Gasteiger partial charge in [0.1, 0.15) is 0 Å². The van der Waals surface area contributed by atoms with Crippen LogP contribution in [0.2, 0.25) is 0 Å². The average molecular weight is 450 g/mol. The second kappa shape index (κ2) is 10.2. The Morgan fingerprint density at radius 1 is 1.00 bits per heavy atom. The van der Waals surface area contributed by atoms with Crippen LogP contribution in [-0.2, 0) is 4.74 Å². The summed E-state index contributed by atoms with van der Waals surface area (Å²) in [5.41, 5.74) is 0. The van der Waals surface area contributed by atoms with Crippen molar-refractivity contribution in [1.82, 2.24) is 15.1 Å². The minimum Gasteiger partial charge on any atom is -0.378 e. The van der Waals surface area contributed by atoms with E-state index in [0.29, 0.717) is 6.10 Å². The van der Waals surface area contributed by atoms with Crippen molar-refractivity contribution >= 4 is 29.9 Å². The first-order valence-corrected chi connectivity index (χ1v) is 9.50. The topological polar surface area (TPSA) is 40.1 Å². The first-order chi connectivity index (χ1) is 11.2. The third kappa shape index (κ3) is 6.33. The summed E-state index contributed by atoms with van der Waals surface area (Å²) in [7, 11) is 4.13. The highest BCUT2D eigenvalue weighted by molar-refractivity contribution is 14.0. The smallest absolute Gasteiger partial charge is 0.193 e. The SMILES string of the molecule is CN=C(NCC1CCN(C)CC1)N1CCC(OCC2CC2)CC1.I.